The van der Waals surface area contributed by atoms with E-state index in [4.69, 9.17) is 4.74 Å². The predicted octanol–water partition coefficient (Wildman–Crippen LogP) is 4.56. The Labute approximate surface area is 196 Å². The van der Waals surface area contributed by atoms with Crippen LogP contribution in [0.15, 0.2) is 52.5 Å². The number of aryl methyl sites for hydroxylation is 1. The van der Waals surface area contributed by atoms with Gasteiger partial charge in [-0.25, -0.2) is 0 Å². The Kier molecular flexibility index (Phi) is 5.10. The molecule has 5 rings (SSSR count). The number of fused-ring (bicyclic) bond motifs is 1. The van der Waals surface area contributed by atoms with Crippen molar-refractivity contribution in [1.29, 1.82) is 0 Å². The number of hydrogen-bond donors (Lipinski definition) is 1. The number of ether oxygens (including phenoxy) is 1. The van der Waals surface area contributed by atoms with Gasteiger partial charge in [-0.2, -0.15) is 0 Å². The van der Waals surface area contributed by atoms with Crippen molar-refractivity contribution < 1.29 is 19.4 Å². The van der Waals surface area contributed by atoms with Crippen molar-refractivity contribution in [3.05, 3.63) is 74.2 Å². The van der Waals surface area contributed by atoms with Crippen LogP contribution in [0.4, 0.5) is 5.13 Å². The number of hydrogen-bond acceptors (Lipinski definition) is 7. The van der Waals surface area contributed by atoms with Gasteiger partial charge in [0, 0.05) is 16.5 Å². The first kappa shape index (κ1) is 20.8. The SMILES string of the molecule is Cc1nnc(N2C(=O)C(=O)C(=C(O)c3ccc4c(c3)CC(C)O4)C2c2ccc(Br)cc2)s1. The summed E-state index contributed by atoms with van der Waals surface area (Å²) in [5, 5.41) is 20.3. The fourth-order valence-electron chi connectivity index (χ4n) is 4.10. The highest BCUT2D eigenvalue weighted by Crippen LogP contribution is 2.43. The summed E-state index contributed by atoms with van der Waals surface area (Å²) >= 11 is 4.63. The molecule has 0 radical (unpaired) electrons. The number of Topliss-reactive ketones (excluding diaryl/α,β-unsaturated/α-hetero) is 1. The van der Waals surface area contributed by atoms with Crippen LogP contribution in [0.5, 0.6) is 5.75 Å². The fraction of sp³-hybridized carbons (Fsp3) is 0.217. The summed E-state index contributed by atoms with van der Waals surface area (Å²) in [5.74, 6) is -0.951. The number of carbonyl (C=O) groups excluding carboxylic acids is 2. The lowest BCUT2D eigenvalue weighted by molar-refractivity contribution is -0.132. The molecule has 162 valence electrons. The first-order valence-corrected chi connectivity index (χ1v) is 11.6. The van der Waals surface area contributed by atoms with Crippen molar-refractivity contribution in [3.8, 4) is 5.75 Å². The van der Waals surface area contributed by atoms with Crippen LogP contribution in [0.25, 0.3) is 5.76 Å². The standard InChI is InChI=1S/C23H18BrN3O4S/c1-11-9-15-10-14(5-8-17(15)31-11)20(28)18-19(13-3-6-16(24)7-4-13)27(22(30)21(18)29)23-26-25-12(2)32-23/h3-8,10-11,19,28H,9H2,1-2H3. The van der Waals surface area contributed by atoms with Crippen LogP contribution in [0, 0.1) is 6.92 Å². The molecule has 1 aromatic heterocycles. The minimum atomic E-state index is -0.820. The second-order valence-corrected chi connectivity index (χ2v) is 9.86. The second kappa shape index (κ2) is 7.83. The van der Waals surface area contributed by atoms with E-state index in [1.165, 1.54) is 16.2 Å². The maximum absolute atomic E-state index is 13.2. The molecule has 1 N–H and O–H groups in total. The second-order valence-electron chi connectivity index (χ2n) is 7.78. The van der Waals surface area contributed by atoms with E-state index in [2.05, 4.69) is 26.1 Å². The molecule has 2 aliphatic heterocycles. The highest BCUT2D eigenvalue weighted by molar-refractivity contribution is 9.10. The van der Waals surface area contributed by atoms with Gasteiger partial charge in [0.1, 0.15) is 22.6 Å². The number of aliphatic hydroxyl groups is 1. The average molecular weight is 512 g/mol. The number of amides is 1. The van der Waals surface area contributed by atoms with Crippen molar-refractivity contribution >= 4 is 49.8 Å². The summed E-state index contributed by atoms with van der Waals surface area (Å²) in [6.45, 7) is 3.75. The molecule has 0 spiro atoms. The monoisotopic (exact) mass is 511 g/mol. The van der Waals surface area contributed by atoms with Gasteiger partial charge in [-0.1, -0.05) is 39.4 Å². The Morgan fingerprint density at radius 2 is 1.94 bits per heavy atom. The largest absolute Gasteiger partial charge is 0.507 e. The van der Waals surface area contributed by atoms with Crippen molar-refractivity contribution in [2.24, 2.45) is 0 Å². The lowest BCUT2D eigenvalue weighted by atomic mass is 9.94. The van der Waals surface area contributed by atoms with Crippen LogP contribution in [0.3, 0.4) is 0 Å². The van der Waals surface area contributed by atoms with E-state index in [1.807, 2.05) is 37.3 Å². The average Bonchev–Trinajstić information content (AvgIpc) is 3.43. The number of rotatable bonds is 3. The Hall–Kier alpha value is -3.04. The number of nitrogens with zero attached hydrogens (tertiary/aromatic N) is 3. The van der Waals surface area contributed by atoms with Crippen LogP contribution in [0.2, 0.25) is 0 Å². The van der Waals surface area contributed by atoms with Crippen LogP contribution in [0.1, 0.15) is 34.7 Å². The summed E-state index contributed by atoms with van der Waals surface area (Å²) in [6, 6.07) is 11.8. The molecule has 0 bridgehead atoms. The molecule has 3 aromatic rings. The maximum atomic E-state index is 13.2. The van der Waals surface area contributed by atoms with E-state index in [9.17, 15) is 14.7 Å². The molecule has 0 aliphatic carbocycles. The molecule has 9 heteroatoms. The topological polar surface area (TPSA) is 92.6 Å². The number of halogens is 1. The van der Waals surface area contributed by atoms with E-state index >= 15 is 0 Å². The van der Waals surface area contributed by atoms with Gasteiger partial charge in [0.25, 0.3) is 5.78 Å². The first-order valence-electron chi connectivity index (χ1n) is 10.00. The van der Waals surface area contributed by atoms with Crippen LogP contribution in [-0.2, 0) is 16.0 Å². The molecule has 0 saturated carbocycles. The highest BCUT2D eigenvalue weighted by atomic mass is 79.9. The van der Waals surface area contributed by atoms with Crippen molar-refractivity contribution in [1.82, 2.24) is 10.2 Å². The fourth-order valence-corrected chi connectivity index (χ4v) is 5.08. The smallest absolute Gasteiger partial charge is 0.301 e. The summed E-state index contributed by atoms with van der Waals surface area (Å²) in [4.78, 5) is 27.6. The summed E-state index contributed by atoms with van der Waals surface area (Å²) < 4.78 is 6.60. The molecular formula is C23H18BrN3O4S. The number of carbonyl (C=O) groups is 2. The third-order valence-corrected chi connectivity index (χ3v) is 6.89. The Morgan fingerprint density at radius 1 is 1.19 bits per heavy atom. The zero-order valence-electron chi connectivity index (χ0n) is 17.2. The van der Waals surface area contributed by atoms with Crippen molar-refractivity contribution in [2.45, 2.75) is 32.4 Å². The summed E-state index contributed by atoms with van der Waals surface area (Å²) in [5.41, 5.74) is 2.13. The van der Waals surface area contributed by atoms with Crippen LogP contribution < -0.4 is 9.64 Å². The number of ketones is 1. The Bertz CT molecular complexity index is 1280. The third kappa shape index (κ3) is 3.41. The molecule has 2 aromatic carbocycles. The zero-order valence-corrected chi connectivity index (χ0v) is 19.6. The lowest BCUT2D eigenvalue weighted by Crippen LogP contribution is -2.29. The van der Waals surface area contributed by atoms with Gasteiger partial charge in [0.05, 0.1) is 11.6 Å². The number of benzene rings is 2. The normalized spacial score (nSPS) is 21.7. The molecule has 3 heterocycles. The summed E-state index contributed by atoms with van der Waals surface area (Å²) in [7, 11) is 0. The molecule has 2 aliphatic rings. The molecule has 1 amide bonds. The van der Waals surface area contributed by atoms with Gasteiger partial charge < -0.3 is 9.84 Å². The maximum Gasteiger partial charge on any atom is 0.301 e. The Morgan fingerprint density at radius 3 is 2.62 bits per heavy atom. The predicted molar refractivity (Wildman–Crippen MR) is 124 cm³/mol. The quantitative estimate of drug-likeness (QED) is 0.314. The lowest BCUT2D eigenvalue weighted by Gasteiger charge is -2.22. The number of aliphatic hydroxyl groups excluding tert-OH is 1. The van der Waals surface area contributed by atoms with Gasteiger partial charge in [0.2, 0.25) is 5.13 Å². The third-order valence-electron chi connectivity index (χ3n) is 5.52. The van der Waals surface area contributed by atoms with E-state index in [0.717, 1.165) is 15.8 Å². The molecular weight excluding hydrogens is 494 g/mol. The molecule has 2 unspecified atom stereocenters. The van der Waals surface area contributed by atoms with Gasteiger partial charge >= 0.3 is 5.91 Å². The van der Waals surface area contributed by atoms with Gasteiger partial charge in [-0.15, -0.1) is 10.2 Å². The van der Waals surface area contributed by atoms with Gasteiger partial charge in [-0.05, 0) is 55.3 Å². The van der Waals surface area contributed by atoms with E-state index in [0.29, 0.717) is 27.7 Å². The molecule has 32 heavy (non-hydrogen) atoms. The van der Waals surface area contributed by atoms with Gasteiger partial charge in [-0.3, -0.25) is 14.5 Å². The summed E-state index contributed by atoms with van der Waals surface area (Å²) in [6.07, 6.45) is 0.765. The van der Waals surface area contributed by atoms with Crippen LogP contribution in [-0.4, -0.2) is 33.1 Å². The molecule has 7 nitrogen and oxygen atoms in total. The number of aromatic nitrogens is 2. The molecule has 1 saturated heterocycles. The van der Waals surface area contributed by atoms with Crippen molar-refractivity contribution in [3.63, 3.8) is 0 Å². The number of anilines is 1. The minimum Gasteiger partial charge on any atom is -0.507 e. The molecule has 1 fully saturated rings. The van der Waals surface area contributed by atoms with E-state index in [1.54, 1.807) is 19.1 Å². The Balaban J connectivity index is 1.68. The zero-order chi connectivity index (χ0) is 22.6. The van der Waals surface area contributed by atoms with Crippen LogP contribution >= 0.6 is 27.3 Å². The first-order chi connectivity index (χ1) is 15.3. The van der Waals surface area contributed by atoms with E-state index < -0.39 is 17.7 Å². The highest BCUT2D eigenvalue weighted by Gasteiger charge is 2.48. The van der Waals surface area contributed by atoms with Gasteiger partial charge in [0.15, 0.2) is 0 Å². The molecule has 2 atom stereocenters. The van der Waals surface area contributed by atoms with Crippen molar-refractivity contribution in [2.75, 3.05) is 4.90 Å². The van der Waals surface area contributed by atoms with E-state index in [-0.39, 0.29) is 17.4 Å². The minimum absolute atomic E-state index is 0.0251.